The Kier molecular flexibility index (Phi) is 5.19. The summed E-state index contributed by atoms with van der Waals surface area (Å²) in [5, 5.41) is 5.32. The van der Waals surface area contributed by atoms with E-state index in [1.165, 1.54) is 24.4 Å². The van der Waals surface area contributed by atoms with E-state index in [2.05, 4.69) is 22.2 Å². The van der Waals surface area contributed by atoms with Crippen molar-refractivity contribution >= 4 is 17.5 Å². The van der Waals surface area contributed by atoms with Crippen LogP contribution in [-0.2, 0) is 4.79 Å². The molecule has 1 atom stereocenters. The molecule has 0 aliphatic heterocycles. The van der Waals surface area contributed by atoms with Crippen molar-refractivity contribution < 1.29 is 14.0 Å². The number of anilines is 1. The predicted octanol–water partition coefficient (Wildman–Crippen LogP) is 2.84. The number of nitrogens with zero attached hydrogens (tertiary/aromatic N) is 1. The maximum absolute atomic E-state index is 12.9. The number of aromatic nitrogens is 1. The Bertz CT molecular complexity index is 712. The summed E-state index contributed by atoms with van der Waals surface area (Å²) in [6.07, 6.45) is 2.53. The maximum atomic E-state index is 12.9. The lowest BCUT2D eigenvalue weighted by Crippen LogP contribution is -2.27. The van der Waals surface area contributed by atoms with E-state index < -0.39 is 0 Å². The van der Waals surface area contributed by atoms with Crippen LogP contribution >= 0.6 is 0 Å². The minimum atomic E-state index is -0.358. The van der Waals surface area contributed by atoms with E-state index in [4.69, 9.17) is 0 Å². The lowest BCUT2D eigenvalue weighted by Gasteiger charge is -2.14. The van der Waals surface area contributed by atoms with Crippen LogP contribution in [0.4, 0.5) is 10.1 Å². The average molecular weight is 313 g/mol. The fourth-order valence-electron chi connectivity index (χ4n) is 1.90. The number of benzene rings is 1. The van der Waals surface area contributed by atoms with Gasteiger partial charge in [-0.25, -0.2) is 9.37 Å². The van der Waals surface area contributed by atoms with Gasteiger partial charge < -0.3 is 10.6 Å². The molecular weight excluding hydrogens is 297 g/mol. The molecule has 5 nitrogen and oxygen atoms in total. The summed E-state index contributed by atoms with van der Waals surface area (Å²) in [7, 11) is 0. The van der Waals surface area contributed by atoms with E-state index in [0.29, 0.717) is 5.69 Å². The van der Waals surface area contributed by atoms with Crippen molar-refractivity contribution in [3.8, 4) is 0 Å². The summed E-state index contributed by atoms with van der Waals surface area (Å²) >= 11 is 0. The molecule has 0 aliphatic carbocycles. The van der Waals surface area contributed by atoms with Gasteiger partial charge in [0.2, 0.25) is 5.91 Å². The smallest absolute Gasteiger partial charge is 0.270 e. The van der Waals surface area contributed by atoms with E-state index in [0.717, 1.165) is 11.6 Å². The van der Waals surface area contributed by atoms with Crippen LogP contribution in [0.15, 0.2) is 55.3 Å². The highest BCUT2D eigenvalue weighted by Gasteiger charge is 2.12. The number of hydrogen-bond acceptors (Lipinski definition) is 3. The molecule has 0 unspecified atom stereocenters. The lowest BCUT2D eigenvalue weighted by molar-refractivity contribution is -0.111. The zero-order valence-electron chi connectivity index (χ0n) is 12.5. The summed E-state index contributed by atoms with van der Waals surface area (Å²) < 4.78 is 12.9. The van der Waals surface area contributed by atoms with Crippen LogP contribution in [0.3, 0.4) is 0 Å². The van der Waals surface area contributed by atoms with Crippen molar-refractivity contribution in [2.45, 2.75) is 13.0 Å². The monoisotopic (exact) mass is 313 g/mol. The minimum absolute atomic E-state index is 0.218. The van der Waals surface area contributed by atoms with Crippen LogP contribution in [0.1, 0.15) is 29.0 Å². The minimum Gasteiger partial charge on any atom is -0.344 e. The molecule has 0 spiro atoms. The molecule has 0 aliphatic rings. The van der Waals surface area contributed by atoms with E-state index >= 15 is 0 Å². The fourth-order valence-corrected chi connectivity index (χ4v) is 1.90. The summed E-state index contributed by atoms with van der Waals surface area (Å²) in [5.74, 6) is -1.04. The Hall–Kier alpha value is -3.02. The van der Waals surface area contributed by atoms with Gasteiger partial charge in [-0.2, -0.15) is 0 Å². The van der Waals surface area contributed by atoms with Crippen LogP contribution in [0.25, 0.3) is 0 Å². The van der Waals surface area contributed by atoms with Crippen molar-refractivity contribution in [2.24, 2.45) is 0 Å². The van der Waals surface area contributed by atoms with Crippen LogP contribution < -0.4 is 10.6 Å². The molecule has 6 heteroatoms. The molecule has 0 fully saturated rings. The Labute approximate surface area is 133 Å². The fraction of sp³-hybridized carbons (Fsp3) is 0.118. The van der Waals surface area contributed by atoms with Crippen molar-refractivity contribution in [3.63, 3.8) is 0 Å². The molecule has 2 amide bonds. The van der Waals surface area contributed by atoms with Gasteiger partial charge in [0, 0.05) is 0 Å². The summed E-state index contributed by atoms with van der Waals surface area (Å²) in [5.41, 5.74) is 1.48. The normalized spacial score (nSPS) is 11.4. The van der Waals surface area contributed by atoms with Crippen LogP contribution in [-0.4, -0.2) is 16.8 Å². The Morgan fingerprint density at radius 2 is 1.91 bits per heavy atom. The third-order valence-corrected chi connectivity index (χ3v) is 3.17. The molecule has 1 aromatic carbocycles. The number of nitrogens with one attached hydrogen (secondary N) is 2. The molecule has 2 N–H and O–H groups in total. The molecule has 1 aromatic heterocycles. The van der Waals surface area contributed by atoms with Gasteiger partial charge in [0.05, 0.1) is 17.9 Å². The molecule has 2 aromatic rings. The number of pyridine rings is 1. The Morgan fingerprint density at radius 3 is 2.48 bits per heavy atom. The SMILES string of the molecule is C=CC(=O)Nc1ccc(C(=O)N[C@@H](C)c2ccc(F)cc2)nc1. The molecule has 1 heterocycles. The zero-order valence-corrected chi connectivity index (χ0v) is 12.5. The Balaban J connectivity index is 2.01. The van der Waals surface area contributed by atoms with Gasteiger partial charge in [0.25, 0.3) is 5.91 Å². The van der Waals surface area contributed by atoms with Gasteiger partial charge in [-0.05, 0) is 42.8 Å². The van der Waals surface area contributed by atoms with Gasteiger partial charge in [0.1, 0.15) is 11.5 Å². The van der Waals surface area contributed by atoms with Crippen LogP contribution in [0.5, 0.6) is 0 Å². The highest BCUT2D eigenvalue weighted by molar-refractivity contribution is 5.99. The van der Waals surface area contributed by atoms with Gasteiger partial charge in [0.15, 0.2) is 0 Å². The first-order valence-corrected chi connectivity index (χ1v) is 6.95. The van der Waals surface area contributed by atoms with Crippen molar-refractivity contribution in [1.82, 2.24) is 10.3 Å². The number of carbonyl (C=O) groups is 2. The second-order valence-electron chi connectivity index (χ2n) is 4.87. The molecule has 2 rings (SSSR count). The second-order valence-corrected chi connectivity index (χ2v) is 4.87. The average Bonchev–Trinajstić information content (AvgIpc) is 2.55. The topological polar surface area (TPSA) is 71.1 Å². The first-order chi connectivity index (χ1) is 11.0. The summed E-state index contributed by atoms with van der Waals surface area (Å²) in [4.78, 5) is 27.3. The summed E-state index contributed by atoms with van der Waals surface area (Å²) in [6, 6.07) is 8.70. The van der Waals surface area contributed by atoms with Gasteiger partial charge >= 0.3 is 0 Å². The van der Waals surface area contributed by atoms with Crippen LogP contribution in [0, 0.1) is 5.82 Å². The molecule has 0 saturated heterocycles. The maximum Gasteiger partial charge on any atom is 0.270 e. The van der Waals surface area contributed by atoms with Crippen molar-refractivity contribution in [1.29, 1.82) is 0 Å². The van der Waals surface area contributed by atoms with Crippen molar-refractivity contribution in [3.05, 3.63) is 72.3 Å². The molecule has 0 bridgehead atoms. The number of rotatable bonds is 5. The molecule has 0 radical (unpaired) electrons. The first kappa shape index (κ1) is 16.4. The van der Waals surface area contributed by atoms with E-state index in [1.807, 2.05) is 0 Å². The highest BCUT2D eigenvalue weighted by Crippen LogP contribution is 2.14. The van der Waals surface area contributed by atoms with Crippen LogP contribution in [0.2, 0.25) is 0 Å². The van der Waals surface area contributed by atoms with Gasteiger partial charge in [-0.1, -0.05) is 18.7 Å². The molecule has 0 saturated carbocycles. The second kappa shape index (κ2) is 7.31. The van der Waals surface area contributed by atoms with E-state index in [1.54, 1.807) is 25.1 Å². The number of halogens is 1. The predicted molar refractivity (Wildman–Crippen MR) is 85.3 cm³/mol. The number of amides is 2. The number of hydrogen-bond donors (Lipinski definition) is 2. The third-order valence-electron chi connectivity index (χ3n) is 3.17. The zero-order chi connectivity index (χ0) is 16.8. The number of carbonyl (C=O) groups excluding carboxylic acids is 2. The third kappa shape index (κ3) is 4.47. The standard InChI is InChI=1S/C17H16FN3O2/c1-3-16(22)21-14-8-9-15(19-10-14)17(23)20-11(2)12-4-6-13(18)7-5-12/h3-11H,1H2,2H3,(H,20,23)(H,21,22)/t11-/m0/s1. The quantitative estimate of drug-likeness (QED) is 0.834. The molecule has 118 valence electrons. The largest absolute Gasteiger partial charge is 0.344 e. The summed E-state index contributed by atoms with van der Waals surface area (Å²) in [6.45, 7) is 5.14. The highest BCUT2D eigenvalue weighted by atomic mass is 19.1. The molecular formula is C17H16FN3O2. The van der Waals surface area contributed by atoms with E-state index in [9.17, 15) is 14.0 Å². The van der Waals surface area contributed by atoms with Gasteiger partial charge in [-0.3, -0.25) is 9.59 Å². The molecule has 23 heavy (non-hydrogen) atoms. The first-order valence-electron chi connectivity index (χ1n) is 6.95. The Morgan fingerprint density at radius 1 is 1.22 bits per heavy atom. The van der Waals surface area contributed by atoms with Crippen molar-refractivity contribution in [2.75, 3.05) is 5.32 Å². The van der Waals surface area contributed by atoms with E-state index in [-0.39, 0.29) is 29.4 Å². The lowest BCUT2D eigenvalue weighted by atomic mass is 10.1. The van der Waals surface area contributed by atoms with Gasteiger partial charge in [-0.15, -0.1) is 0 Å².